The van der Waals surface area contributed by atoms with Gasteiger partial charge in [-0.25, -0.2) is 8.42 Å². The van der Waals surface area contributed by atoms with Gasteiger partial charge in [0, 0.05) is 48.7 Å². The van der Waals surface area contributed by atoms with Crippen LogP contribution in [-0.4, -0.2) is 57.8 Å². The molecule has 0 bridgehead atoms. The van der Waals surface area contributed by atoms with Crippen molar-refractivity contribution in [2.45, 2.75) is 4.90 Å². The fourth-order valence-electron chi connectivity index (χ4n) is 4.62. The summed E-state index contributed by atoms with van der Waals surface area (Å²) in [6.45, 7) is 1.78. The number of sulfonamides is 1. The van der Waals surface area contributed by atoms with E-state index in [0.717, 1.165) is 11.4 Å². The molecule has 0 aromatic heterocycles. The third-order valence-corrected chi connectivity index (χ3v) is 8.77. The van der Waals surface area contributed by atoms with Gasteiger partial charge in [-0.05, 0) is 72.8 Å². The molecule has 0 atom stereocenters. The fraction of sp³-hybridized carbons (Fsp3) is 0.161. The molecule has 0 unspecified atom stereocenters. The van der Waals surface area contributed by atoms with Crippen LogP contribution in [-0.2, 0) is 10.0 Å². The average Bonchev–Trinajstić information content (AvgIpc) is 3.02. The molecule has 5 rings (SSSR count). The second-order valence-corrected chi connectivity index (χ2v) is 11.4. The fourth-order valence-corrected chi connectivity index (χ4v) is 6.04. The number of nitrogens with one attached hydrogen (secondary N) is 2. The van der Waals surface area contributed by atoms with Gasteiger partial charge in [0.1, 0.15) is 5.75 Å². The van der Waals surface area contributed by atoms with Crippen LogP contribution in [0.4, 0.5) is 17.1 Å². The quantitative estimate of drug-likeness (QED) is 0.318. The molecule has 0 saturated carbocycles. The van der Waals surface area contributed by atoms with Gasteiger partial charge in [-0.2, -0.15) is 4.31 Å². The van der Waals surface area contributed by atoms with Gasteiger partial charge in [0.2, 0.25) is 10.0 Å². The summed E-state index contributed by atoms with van der Waals surface area (Å²) in [6.07, 6.45) is 0. The second-order valence-electron chi connectivity index (χ2n) is 9.44. The van der Waals surface area contributed by atoms with Gasteiger partial charge in [0.05, 0.1) is 17.7 Å². The molecule has 1 fully saturated rings. The van der Waals surface area contributed by atoms with Gasteiger partial charge < -0.3 is 20.3 Å². The summed E-state index contributed by atoms with van der Waals surface area (Å²) in [6, 6.07) is 29.2. The zero-order chi connectivity index (χ0) is 28.8. The lowest BCUT2D eigenvalue weighted by Crippen LogP contribution is -2.48. The third kappa shape index (κ3) is 6.40. The van der Waals surface area contributed by atoms with Crippen LogP contribution in [0.25, 0.3) is 0 Å². The van der Waals surface area contributed by atoms with Crippen molar-refractivity contribution in [3.05, 3.63) is 114 Å². The monoisotopic (exact) mass is 570 g/mol. The predicted molar refractivity (Wildman–Crippen MR) is 159 cm³/mol. The van der Waals surface area contributed by atoms with E-state index in [1.807, 2.05) is 30.3 Å². The van der Waals surface area contributed by atoms with Crippen LogP contribution in [0.1, 0.15) is 20.7 Å². The van der Waals surface area contributed by atoms with Crippen LogP contribution in [0.5, 0.6) is 5.75 Å². The number of para-hydroxylation sites is 2. The molecule has 1 aliphatic heterocycles. The molecule has 41 heavy (non-hydrogen) atoms. The maximum absolute atomic E-state index is 13.3. The van der Waals surface area contributed by atoms with E-state index in [0.29, 0.717) is 48.7 Å². The predicted octanol–water partition coefficient (Wildman–Crippen LogP) is 4.71. The van der Waals surface area contributed by atoms with Gasteiger partial charge in [-0.3, -0.25) is 9.59 Å². The van der Waals surface area contributed by atoms with Crippen LogP contribution in [0, 0.1) is 0 Å². The SMILES string of the molecule is COc1ccccc1N1CCN(S(=O)(=O)c2ccc(NC(=O)c3ccc(NC(=O)c4ccccc4)cc3)cc2)CC1. The number of piperazine rings is 1. The molecule has 9 nitrogen and oxygen atoms in total. The molecule has 0 aliphatic carbocycles. The van der Waals surface area contributed by atoms with Crippen LogP contribution in [0.2, 0.25) is 0 Å². The zero-order valence-corrected chi connectivity index (χ0v) is 23.3. The summed E-state index contributed by atoms with van der Waals surface area (Å²) < 4.78 is 33.5. The number of ether oxygens (including phenoxy) is 1. The Hall–Kier alpha value is -4.67. The van der Waals surface area contributed by atoms with E-state index in [9.17, 15) is 18.0 Å². The number of hydrogen-bond donors (Lipinski definition) is 2. The van der Waals surface area contributed by atoms with Crippen molar-refractivity contribution in [3.63, 3.8) is 0 Å². The van der Waals surface area contributed by atoms with E-state index in [1.54, 1.807) is 67.8 Å². The second kappa shape index (κ2) is 12.2. The normalized spacial score (nSPS) is 13.8. The van der Waals surface area contributed by atoms with Crippen molar-refractivity contribution >= 4 is 38.9 Å². The molecule has 0 radical (unpaired) electrons. The molecule has 4 aromatic rings. The lowest BCUT2D eigenvalue weighted by molar-refractivity contribution is 0.102. The number of nitrogens with zero attached hydrogens (tertiary/aromatic N) is 2. The summed E-state index contributed by atoms with van der Waals surface area (Å²) >= 11 is 0. The first-order valence-electron chi connectivity index (χ1n) is 13.1. The Morgan fingerprint density at radius 1 is 0.659 bits per heavy atom. The van der Waals surface area contributed by atoms with Gasteiger partial charge in [-0.15, -0.1) is 0 Å². The third-order valence-electron chi connectivity index (χ3n) is 6.86. The van der Waals surface area contributed by atoms with E-state index in [4.69, 9.17) is 4.74 Å². The van der Waals surface area contributed by atoms with Gasteiger partial charge in [0.15, 0.2) is 0 Å². The maximum atomic E-state index is 13.3. The van der Waals surface area contributed by atoms with Crippen molar-refractivity contribution < 1.29 is 22.7 Å². The van der Waals surface area contributed by atoms with E-state index >= 15 is 0 Å². The Balaban J connectivity index is 1.17. The topological polar surface area (TPSA) is 108 Å². The Morgan fingerprint density at radius 2 is 1.17 bits per heavy atom. The first-order valence-corrected chi connectivity index (χ1v) is 14.6. The molecule has 210 valence electrons. The number of hydrogen-bond acceptors (Lipinski definition) is 6. The minimum Gasteiger partial charge on any atom is -0.495 e. The molecule has 1 saturated heterocycles. The lowest BCUT2D eigenvalue weighted by atomic mass is 10.1. The Morgan fingerprint density at radius 3 is 1.76 bits per heavy atom. The maximum Gasteiger partial charge on any atom is 0.255 e. The van der Waals surface area contributed by atoms with E-state index < -0.39 is 10.0 Å². The molecule has 10 heteroatoms. The molecule has 2 N–H and O–H groups in total. The standard InChI is InChI=1S/C31H30N4O5S/c1-40-29-10-6-5-9-28(29)34-19-21-35(22-20-34)41(38,39)27-17-15-26(16-18-27)33-31(37)24-11-13-25(14-12-24)32-30(36)23-7-3-2-4-8-23/h2-18H,19-22H2,1H3,(H,32,36)(H,33,37). The Labute approximate surface area is 239 Å². The zero-order valence-electron chi connectivity index (χ0n) is 22.5. The van der Waals surface area contributed by atoms with Crippen molar-refractivity contribution in [2.24, 2.45) is 0 Å². The Kier molecular flexibility index (Phi) is 8.32. The smallest absolute Gasteiger partial charge is 0.255 e. The van der Waals surface area contributed by atoms with E-state index in [2.05, 4.69) is 15.5 Å². The number of methoxy groups -OCH3 is 1. The van der Waals surface area contributed by atoms with E-state index in [1.165, 1.54) is 16.4 Å². The highest BCUT2D eigenvalue weighted by molar-refractivity contribution is 7.89. The van der Waals surface area contributed by atoms with Crippen molar-refractivity contribution in [2.75, 3.05) is 48.8 Å². The van der Waals surface area contributed by atoms with Crippen LogP contribution in [0.3, 0.4) is 0 Å². The number of carbonyl (C=O) groups excluding carboxylic acids is 2. The number of anilines is 3. The molecular formula is C31H30N4O5S. The molecule has 1 heterocycles. The van der Waals surface area contributed by atoms with Crippen LogP contribution < -0.4 is 20.3 Å². The summed E-state index contributed by atoms with van der Waals surface area (Å²) in [5.41, 5.74) is 2.91. The van der Waals surface area contributed by atoms with Crippen molar-refractivity contribution in [3.8, 4) is 5.75 Å². The summed E-state index contributed by atoms with van der Waals surface area (Å²) in [5, 5.41) is 5.58. The highest BCUT2D eigenvalue weighted by Gasteiger charge is 2.29. The van der Waals surface area contributed by atoms with Gasteiger partial charge in [0.25, 0.3) is 11.8 Å². The molecule has 0 spiro atoms. The van der Waals surface area contributed by atoms with Crippen LogP contribution >= 0.6 is 0 Å². The highest BCUT2D eigenvalue weighted by atomic mass is 32.2. The summed E-state index contributed by atoms with van der Waals surface area (Å²) in [4.78, 5) is 27.4. The molecular weight excluding hydrogens is 540 g/mol. The number of amides is 2. The first-order chi connectivity index (χ1) is 19.8. The summed E-state index contributed by atoms with van der Waals surface area (Å²) in [5.74, 6) is 0.164. The largest absolute Gasteiger partial charge is 0.495 e. The minimum absolute atomic E-state index is 0.166. The molecule has 4 aromatic carbocycles. The number of carbonyl (C=O) groups is 2. The molecule has 1 aliphatic rings. The van der Waals surface area contributed by atoms with Gasteiger partial charge in [-0.1, -0.05) is 30.3 Å². The van der Waals surface area contributed by atoms with Crippen LogP contribution in [0.15, 0.2) is 108 Å². The first kappa shape index (κ1) is 27.9. The summed E-state index contributed by atoms with van der Waals surface area (Å²) in [7, 11) is -2.07. The molecule has 2 amide bonds. The Bertz CT molecular complexity index is 1620. The average molecular weight is 571 g/mol. The minimum atomic E-state index is -3.69. The number of rotatable bonds is 8. The highest BCUT2D eigenvalue weighted by Crippen LogP contribution is 2.29. The number of benzene rings is 4. The lowest BCUT2D eigenvalue weighted by Gasteiger charge is -2.35. The van der Waals surface area contributed by atoms with Crippen molar-refractivity contribution in [1.82, 2.24) is 4.31 Å². The van der Waals surface area contributed by atoms with Gasteiger partial charge >= 0.3 is 0 Å². The van der Waals surface area contributed by atoms with Crippen molar-refractivity contribution in [1.29, 1.82) is 0 Å². The van der Waals surface area contributed by atoms with E-state index in [-0.39, 0.29) is 16.7 Å².